The quantitative estimate of drug-likeness (QED) is 0.510. The zero-order valence-electron chi connectivity index (χ0n) is 22.5. The molecule has 0 aromatic heterocycles. The number of amides is 1. The first kappa shape index (κ1) is 26.7. The van der Waals surface area contributed by atoms with E-state index in [2.05, 4.69) is 67.1 Å². The van der Waals surface area contributed by atoms with Crippen molar-refractivity contribution in [1.82, 2.24) is 9.80 Å². The standard InChI is InChI=1S/C30H40N2O2.CH4O/c1-4-16-31(3)20-24-17-23-10-11-25(34)18-27(23)30(24)26-12-14-29(30,2)15-13-28(26)32(21-33)19-22-8-6-5-7-9-22;1-2/h5-11,18,21,24,26,28,34H,4,12-17,19-20H2,1-3H3;2H,1H3. The molecule has 2 N–H and O–H groups in total. The summed E-state index contributed by atoms with van der Waals surface area (Å²) in [6.45, 7) is 7.61. The van der Waals surface area contributed by atoms with Gasteiger partial charge in [-0.15, -0.1) is 0 Å². The number of benzene rings is 2. The first-order valence-corrected chi connectivity index (χ1v) is 13.6. The lowest BCUT2D eigenvalue weighted by Gasteiger charge is -2.57. The number of carbonyl (C=O) groups is 1. The van der Waals surface area contributed by atoms with Gasteiger partial charge < -0.3 is 20.0 Å². The summed E-state index contributed by atoms with van der Waals surface area (Å²) in [6, 6.07) is 16.7. The van der Waals surface area contributed by atoms with E-state index < -0.39 is 0 Å². The van der Waals surface area contributed by atoms with Gasteiger partial charge in [-0.2, -0.15) is 0 Å². The summed E-state index contributed by atoms with van der Waals surface area (Å²) >= 11 is 0. The van der Waals surface area contributed by atoms with E-state index in [1.54, 1.807) is 0 Å². The second-order valence-electron chi connectivity index (χ2n) is 11.4. The van der Waals surface area contributed by atoms with Gasteiger partial charge in [0.05, 0.1) is 0 Å². The molecule has 2 saturated carbocycles. The second kappa shape index (κ2) is 10.9. The van der Waals surface area contributed by atoms with Crippen LogP contribution >= 0.6 is 0 Å². The fraction of sp³-hybridized carbons (Fsp3) is 0.581. The van der Waals surface area contributed by atoms with Gasteiger partial charge in [-0.25, -0.2) is 0 Å². The van der Waals surface area contributed by atoms with E-state index in [0.29, 0.717) is 24.1 Å². The highest BCUT2D eigenvalue weighted by Crippen LogP contribution is 2.70. The number of phenols is 1. The largest absolute Gasteiger partial charge is 0.508 e. The number of aliphatic hydroxyl groups is 1. The van der Waals surface area contributed by atoms with Gasteiger partial charge in [0.2, 0.25) is 6.41 Å². The first-order chi connectivity index (χ1) is 17.4. The number of carbonyl (C=O) groups excluding carboxylic acids is 1. The van der Waals surface area contributed by atoms with Crippen LogP contribution in [0.3, 0.4) is 0 Å². The van der Waals surface area contributed by atoms with E-state index in [0.717, 1.165) is 58.7 Å². The Balaban J connectivity index is 0.00000148. The average molecular weight is 493 g/mol. The van der Waals surface area contributed by atoms with Gasteiger partial charge >= 0.3 is 0 Å². The minimum atomic E-state index is 0.00391. The molecule has 2 aromatic rings. The van der Waals surface area contributed by atoms with Crippen LogP contribution in [-0.4, -0.2) is 59.7 Å². The molecular formula is C31H44N2O3. The second-order valence-corrected chi connectivity index (χ2v) is 11.4. The Bertz CT molecular complexity index is 1030. The highest BCUT2D eigenvalue weighted by Gasteiger charge is 2.68. The van der Waals surface area contributed by atoms with Crippen molar-refractivity contribution in [3.05, 3.63) is 65.2 Å². The molecule has 2 aromatic carbocycles. The minimum absolute atomic E-state index is 0.00391. The van der Waals surface area contributed by atoms with Gasteiger partial charge in [-0.05, 0) is 98.2 Å². The molecule has 5 unspecified atom stereocenters. The van der Waals surface area contributed by atoms with Crippen molar-refractivity contribution in [2.45, 2.75) is 70.4 Å². The smallest absolute Gasteiger partial charge is 0.210 e. The number of aromatic hydroxyl groups is 1. The van der Waals surface area contributed by atoms with Crippen LogP contribution in [-0.2, 0) is 23.2 Å². The molecule has 0 radical (unpaired) electrons. The molecule has 2 fully saturated rings. The maximum atomic E-state index is 12.5. The summed E-state index contributed by atoms with van der Waals surface area (Å²) in [5, 5.41) is 17.6. The third-order valence-electron chi connectivity index (χ3n) is 9.60. The zero-order valence-corrected chi connectivity index (χ0v) is 22.5. The molecule has 5 heteroatoms. The van der Waals surface area contributed by atoms with Crippen LogP contribution in [0.5, 0.6) is 5.75 Å². The molecule has 1 amide bonds. The number of nitrogens with zero attached hydrogens (tertiary/aromatic N) is 2. The molecule has 0 saturated heterocycles. The van der Waals surface area contributed by atoms with Crippen molar-refractivity contribution in [2.75, 3.05) is 27.2 Å². The maximum absolute atomic E-state index is 12.5. The van der Waals surface area contributed by atoms with Crippen molar-refractivity contribution in [2.24, 2.45) is 17.3 Å². The molecule has 3 aliphatic carbocycles. The molecule has 5 nitrogen and oxygen atoms in total. The summed E-state index contributed by atoms with van der Waals surface area (Å²) in [4.78, 5) is 17.1. The summed E-state index contributed by atoms with van der Waals surface area (Å²) < 4.78 is 0. The third-order valence-corrected chi connectivity index (χ3v) is 9.60. The Morgan fingerprint density at radius 2 is 1.81 bits per heavy atom. The number of aliphatic hydroxyl groups excluding tert-OH is 1. The molecule has 36 heavy (non-hydrogen) atoms. The lowest BCUT2D eigenvalue weighted by Crippen LogP contribution is -2.59. The third kappa shape index (κ3) is 4.35. The molecule has 196 valence electrons. The maximum Gasteiger partial charge on any atom is 0.210 e. The van der Waals surface area contributed by atoms with Crippen LogP contribution < -0.4 is 0 Å². The molecular weight excluding hydrogens is 448 g/mol. The Kier molecular flexibility index (Phi) is 8.11. The summed E-state index contributed by atoms with van der Waals surface area (Å²) in [5.41, 5.74) is 4.18. The topological polar surface area (TPSA) is 64.0 Å². The van der Waals surface area contributed by atoms with Gasteiger partial charge in [0.15, 0.2) is 0 Å². The van der Waals surface area contributed by atoms with Crippen LogP contribution in [0, 0.1) is 17.3 Å². The van der Waals surface area contributed by atoms with Gasteiger partial charge in [0.25, 0.3) is 0 Å². The number of hydrogen-bond acceptors (Lipinski definition) is 4. The zero-order chi connectivity index (χ0) is 25.9. The molecule has 5 atom stereocenters. The SMILES string of the molecule is CCCN(C)CC1Cc2ccc(O)cc2C12C1CCC2(C)CCC1N(C=O)Cc1ccccc1.CO. The van der Waals surface area contributed by atoms with Crippen molar-refractivity contribution in [3.8, 4) is 5.75 Å². The molecule has 3 aliphatic rings. The fourth-order valence-electron chi connectivity index (χ4n) is 8.43. The Labute approximate surface area is 217 Å². The number of phenolic OH excluding ortho intramolecular Hbond substituents is 1. The van der Waals surface area contributed by atoms with Crippen LogP contribution in [0.25, 0.3) is 0 Å². The van der Waals surface area contributed by atoms with Crippen molar-refractivity contribution in [3.63, 3.8) is 0 Å². The summed E-state index contributed by atoms with van der Waals surface area (Å²) in [7, 11) is 3.26. The molecule has 0 aliphatic heterocycles. The van der Waals surface area contributed by atoms with Crippen LogP contribution in [0.2, 0.25) is 0 Å². The van der Waals surface area contributed by atoms with Gasteiger partial charge in [0, 0.05) is 31.7 Å². The lowest BCUT2D eigenvalue weighted by atomic mass is 9.50. The monoisotopic (exact) mass is 492 g/mol. The number of fused-ring (bicyclic) bond motifs is 1. The van der Waals surface area contributed by atoms with Crippen LogP contribution in [0.4, 0.5) is 0 Å². The number of hydrogen-bond donors (Lipinski definition) is 2. The molecule has 2 bridgehead atoms. The summed E-state index contributed by atoms with van der Waals surface area (Å²) in [5.74, 6) is 1.30. The highest BCUT2D eigenvalue weighted by molar-refractivity contribution is 5.52. The van der Waals surface area contributed by atoms with Gasteiger partial charge in [-0.1, -0.05) is 50.2 Å². The van der Waals surface area contributed by atoms with E-state index >= 15 is 0 Å². The molecule has 0 heterocycles. The first-order valence-electron chi connectivity index (χ1n) is 13.6. The Morgan fingerprint density at radius 1 is 1.08 bits per heavy atom. The van der Waals surface area contributed by atoms with E-state index in [-0.39, 0.29) is 16.9 Å². The average Bonchev–Trinajstić information content (AvgIpc) is 3.28. The van der Waals surface area contributed by atoms with Crippen molar-refractivity contribution >= 4 is 6.41 Å². The van der Waals surface area contributed by atoms with Crippen molar-refractivity contribution < 1.29 is 15.0 Å². The van der Waals surface area contributed by atoms with E-state index in [9.17, 15) is 9.90 Å². The predicted octanol–water partition coefficient (Wildman–Crippen LogP) is 4.99. The molecule has 5 rings (SSSR count). The van der Waals surface area contributed by atoms with E-state index in [1.165, 1.54) is 23.1 Å². The lowest BCUT2D eigenvalue weighted by molar-refractivity contribution is -0.125. The Hall–Kier alpha value is -2.37. The van der Waals surface area contributed by atoms with Gasteiger partial charge in [0.1, 0.15) is 5.75 Å². The van der Waals surface area contributed by atoms with Crippen LogP contribution in [0.15, 0.2) is 48.5 Å². The minimum Gasteiger partial charge on any atom is -0.508 e. The Morgan fingerprint density at radius 3 is 2.50 bits per heavy atom. The summed E-state index contributed by atoms with van der Waals surface area (Å²) in [6.07, 6.45) is 7.89. The van der Waals surface area contributed by atoms with E-state index in [1.807, 2.05) is 12.1 Å². The normalized spacial score (nSPS) is 30.1. The van der Waals surface area contributed by atoms with Crippen LogP contribution in [0.1, 0.15) is 62.6 Å². The molecule has 1 spiro atoms. The van der Waals surface area contributed by atoms with E-state index in [4.69, 9.17) is 5.11 Å². The fourth-order valence-corrected chi connectivity index (χ4v) is 8.43. The number of rotatable bonds is 8. The predicted molar refractivity (Wildman–Crippen MR) is 145 cm³/mol. The highest BCUT2D eigenvalue weighted by atomic mass is 16.3. The van der Waals surface area contributed by atoms with Crippen molar-refractivity contribution in [1.29, 1.82) is 0 Å². The van der Waals surface area contributed by atoms with Gasteiger partial charge in [-0.3, -0.25) is 4.79 Å².